The maximum atomic E-state index is 5.79. The van der Waals surface area contributed by atoms with E-state index in [0.717, 1.165) is 12.8 Å². The van der Waals surface area contributed by atoms with E-state index in [1.807, 2.05) is 0 Å². The van der Waals surface area contributed by atoms with Gasteiger partial charge in [0.1, 0.15) is 0 Å². The van der Waals surface area contributed by atoms with Crippen LogP contribution in [-0.2, 0) is 0 Å². The molecule has 2 nitrogen and oxygen atoms in total. The van der Waals surface area contributed by atoms with Crippen LogP contribution in [0.5, 0.6) is 0 Å². The van der Waals surface area contributed by atoms with Crippen molar-refractivity contribution in [1.82, 2.24) is 0 Å². The fourth-order valence-electron chi connectivity index (χ4n) is 1.39. The third-order valence-corrected chi connectivity index (χ3v) is 2.30. The summed E-state index contributed by atoms with van der Waals surface area (Å²) in [6.07, 6.45) is 3.39. The van der Waals surface area contributed by atoms with Crippen LogP contribution in [0.3, 0.4) is 0 Å². The van der Waals surface area contributed by atoms with Crippen molar-refractivity contribution in [1.29, 1.82) is 0 Å². The minimum atomic E-state index is 0.355. The fourth-order valence-corrected chi connectivity index (χ4v) is 1.39. The first-order chi connectivity index (χ1) is 4.20. The van der Waals surface area contributed by atoms with Crippen LogP contribution >= 0.6 is 0 Å². The second-order valence-electron chi connectivity index (χ2n) is 3.21. The lowest BCUT2D eigenvalue weighted by Gasteiger charge is -2.29. The monoisotopic (exact) mass is 128 g/mol. The lowest BCUT2D eigenvalue weighted by molar-refractivity contribution is 0.301. The van der Waals surface area contributed by atoms with Gasteiger partial charge in [0, 0.05) is 12.1 Å². The fraction of sp³-hybridized carbons (Fsp3) is 1.00. The lowest BCUT2D eigenvalue weighted by atomic mass is 9.84. The largest absolute Gasteiger partial charge is 0.328 e. The van der Waals surface area contributed by atoms with E-state index >= 15 is 0 Å². The van der Waals surface area contributed by atoms with Gasteiger partial charge in [-0.25, -0.2) is 0 Å². The summed E-state index contributed by atoms with van der Waals surface area (Å²) >= 11 is 0. The average Bonchev–Trinajstić information content (AvgIpc) is 1.80. The standard InChI is InChI=1S/C7H16N2/c1-5-2-3-6(8)4-7(5)9/h5-7H,2-4,8-9H2,1H3/t5-,6+,7-/m1/s1. The molecule has 1 saturated carbocycles. The Kier molecular flexibility index (Phi) is 2.09. The van der Waals surface area contributed by atoms with Crippen molar-refractivity contribution in [3.8, 4) is 0 Å². The van der Waals surface area contributed by atoms with E-state index in [0.29, 0.717) is 18.0 Å². The predicted octanol–water partition coefficient (Wildman–Crippen LogP) is 0.461. The molecule has 0 aliphatic heterocycles. The van der Waals surface area contributed by atoms with E-state index < -0.39 is 0 Å². The molecular formula is C7H16N2. The van der Waals surface area contributed by atoms with Crippen LogP contribution < -0.4 is 11.5 Å². The first-order valence-electron chi connectivity index (χ1n) is 3.71. The third kappa shape index (κ3) is 1.66. The Morgan fingerprint density at radius 3 is 2.33 bits per heavy atom. The van der Waals surface area contributed by atoms with Gasteiger partial charge in [-0.05, 0) is 25.2 Å². The van der Waals surface area contributed by atoms with E-state index in [4.69, 9.17) is 11.5 Å². The van der Waals surface area contributed by atoms with Crippen LogP contribution in [-0.4, -0.2) is 12.1 Å². The van der Waals surface area contributed by atoms with E-state index in [2.05, 4.69) is 6.92 Å². The minimum Gasteiger partial charge on any atom is -0.328 e. The molecule has 9 heavy (non-hydrogen) atoms. The number of rotatable bonds is 0. The van der Waals surface area contributed by atoms with Crippen molar-refractivity contribution < 1.29 is 0 Å². The van der Waals surface area contributed by atoms with Crippen molar-refractivity contribution in [3.63, 3.8) is 0 Å². The highest BCUT2D eigenvalue weighted by Crippen LogP contribution is 2.20. The highest BCUT2D eigenvalue weighted by molar-refractivity contribution is 4.81. The molecule has 54 valence electrons. The summed E-state index contributed by atoms with van der Waals surface area (Å²) in [6.45, 7) is 2.20. The Labute approximate surface area is 56.6 Å². The second kappa shape index (κ2) is 2.67. The molecule has 0 unspecified atom stereocenters. The van der Waals surface area contributed by atoms with E-state index in [1.165, 1.54) is 6.42 Å². The van der Waals surface area contributed by atoms with Crippen LogP contribution in [0, 0.1) is 5.92 Å². The Morgan fingerprint density at radius 2 is 1.89 bits per heavy atom. The van der Waals surface area contributed by atoms with Gasteiger partial charge in [0.2, 0.25) is 0 Å². The van der Waals surface area contributed by atoms with Gasteiger partial charge in [0.15, 0.2) is 0 Å². The average molecular weight is 128 g/mol. The Morgan fingerprint density at radius 1 is 1.22 bits per heavy atom. The predicted molar refractivity (Wildman–Crippen MR) is 39.0 cm³/mol. The molecule has 0 aromatic carbocycles. The molecule has 0 aromatic heterocycles. The highest BCUT2D eigenvalue weighted by Gasteiger charge is 2.21. The first kappa shape index (κ1) is 7.03. The van der Waals surface area contributed by atoms with Gasteiger partial charge in [-0.15, -0.1) is 0 Å². The molecule has 0 radical (unpaired) electrons. The quantitative estimate of drug-likeness (QED) is 0.498. The minimum absolute atomic E-state index is 0.355. The summed E-state index contributed by atoms with van der Waals surface area (Å²) in [6, 6.07) is 0.727. The summed E-state index contributed by atoms with van der Waals surface area (Å²) in [5, 5.41) is 0. The molecule has 0 spiro atoms. The lowest BCUT2D eigenvalue weighted by Crippen LogP contribution is -2.40. The molecule has 1 aliphatic rings. The van der Waals surface area contributed by atoms with Gasteiger partial charge >= 0.3 is 0 Å². The topological polar surface area (TPSA) is 52.0 Å². The van der Waals surface area contributed by atoms with Crippen molar-refractivity contribution in [2.75, 3.05) is 0 Å². The first-order valence-corrected chi connectivity index (χ1v) is 3.71. The van der Waals surface area contributed by atoms with Gasteiger partial charge in [-0.3, -0.25) is 0 Å². The van der Waals surface area contributed by atoms with Gasteiger partial charge < -0.3 is 11.5 Å². The SMILES string of the molecule is C[C@@H]1CC[C@H](N)C[C@H]1N. The van der Waals surface area contributed by atoms with Crippen molar-refractivity contribution in [2.24, 2.45) is 17.4 Å². The molecular weight excluding hydrogens is 112 g/mol. The van der Waals surface area contributed by atoms with Crippen LogP contribution in [0.4, 0.5) is 0 Å². The maximum Gasteiger partial charge on any atom is 0.00792 e. The number of nitrogens with two attached hydrogens (primary N) is 2. The molecule has 3 atom stereocenters. The third-order valence-electron chi connectivity index (χ3n) is 2.30. The summed E-state index contributed by atoms with van der Waals surface area (Å²) in [5.41, 5.74) is 11.5. The van der Waals surface area contributed by atoms with Crippen LogP contribution in [0.1, 0.15) is 26.2 Å². The van der Waals surface area contributed by atoms with E-state index in [1.54, 1.807) is 0 Å². The normalized spacial score (nSPS) is 45.0. The molecule has 2 heteroatoms. The molecule has 0 aromatic rings. The number of hydrogen-bond acceptors (Lipinski definition) is 2. The summed E-state index contributed by atoms with van der Waals surface area (Å²) in [4.78, 5) is 0. The Hall–Kier alpha value is -0.0800. The van der Waals surface area contributed by atoms with Crippen molar-refractivity contribution in [2.45, 2.75) is 38.3 Å². The van der Waals surface area contributed by atoms with Gasteiger partial charge in [0.25, 0.3) is 0 Å². The molecule has 1 fully saturated rings. The van der Waals surface area contributed by atoms with Crippen LogP contribution in [0.25, 0.3) is 0 Å². The molecule has 0 amide bonds. The zero-order valence-electron chi connectivity index (χ0n) is 6.01. The number of hydrogen-bond donors (Lipinski definition) is 2. The molecule has 0 bridgehead atoms. The summed E-state index contributed by atoms with van der Waals surface area (Å²) < 4.78 is 0. The van der Waals surface area contributed by atoms with Gasteiger partial charge in [-0.2, -0.15) is 0 Å². The molecule has 0 heterocycles. The van der Waals surface area contributed by atoms with E-state index in [-0.39, 0.29) is 0 Å². The van der Waals surface area contributed by atoms with Crippen LogP contribution in [0.2, 0.25) is 0 Å². The Bertz CT molecular complexity index is 92.9. The van der Waals surface area contributed by atoms with Crippen molar-refractivity contribution in [3.05, 3.63) is 0 Å². The molecule has 1 rings (SSSR count). The van der Waals surface area contributed by atoms with Crippen LogP contribution in [0.15, 0.2) is 0 Å². The molecule has 4 N–H and O–H groups in total. The Balaban J connectivity index is 2.35. The van der Waals surface area contributed by atoms with E-state index in [9.17, 15) is 0 Å². The zero-order chi connectivity index (χ0) is 6.85. The second-order valence-corrected chi connectivity index (χ2v) is 3.21. The molecule has 1 aliphatic carbocycles. The maximum absolute atomic E-state index is 5.79. The van der Waals surface area contributed by atoms with Gasteiger partial charge in [0.05, 0.1) is 0 Å². The van der Waals surface area contributed by atoms with Gasteiger partial charge in [-0.1, -0.05) is 6.92 Å². The smallest absolute Gasteiger partial charge is 0.00792 e. The summed E-state index contributed by atoms with van der Waals surface area (Å²) in [7, 11) is 0. The molecule has 0 saturated heterocycles. The highest BCUT2D eigenvalue weighted by atomic mass is 14.7. The van der Waals surface area contributed by atoms with Crippen molar-refractivity contribution >= 4 is 0 Å². The summed E-state index contributed by atoms with van der Waals surface area (Å²) in [5.74, 6) is 0.685. The zero-order valence-corrected chi connectivity index (χ0v) is 6.01.